The van der Waals surface area contributed by atoms with Gasteiger partial charge in [0.1, 0.15) is 22.7 Å². The molecule has 2 aromatic heterocycles. The molecule has 4 heteroatoms. The van der Waals surface area contributed by atoms with Crippen LogP contribution in [-0.4, -0.2) is 11.3 Å². The lowest BCUT2D eigenvalue weighted by molar-refractivity contribution is 0.488. The Morgan fingerprint density at radius 2 is 1.41 bits per heavy atom. The van der Waals surface area contributed by atoms with Crippen molar-refractivity contribution in [1.29, 1.82) is 0 Å². The third-order valence-electron chi connectivity index (χ3n) is 7.65. The van der Waals surface area contributed by atoms with Crippen molar-refractivity contribution < 1.29 is 9.15 Å². The maximum absolute atomic E-state index is 6.44. The lowest BCUT2D eigenvalue weighted by Gasteiger charge is -2.32. The fourth-order valence-corrected chi connectivity index (χ4v) is 6.29. The number of para-hydroxylation sites is 3. The maximum Gasteiger partial charge on any atom is 0.256 e. The van der Waals surface area contributed by atoms with E-state index in [1.807, 2.05) is 18.2 Å². The third-order valence-corrected chi connectivity index (χ3v) is 7.65. The first-order chi connectivity index (χ1) is 16.9. The van der Waals surface area contributed by atoms with Crippen LogP contribution in [0.4, 0.5) is 0 Å². The first-order valence-electron chi connectivity index (χ1n) is 11.7. The highest BCUT2D eigenvalue weighted by molar-refractivity contribution is 6.99. The zero-order valence-corrected chi connectivity index (χ0v) is 18.1. The largest absolute Gasteiger partial charge is 0.458 e. The molecule has 2 aliphatic rings. The average molecular weight is 433 g/mol. The van der Waals surface area contributed by atoms with Crippen molar-refractivity contribution in [3.63, 3.8) is 0 Å². The molecule has 3 nitrogen and oxygen atoms in total. The molecule has 9 rings (SSSR count). The summed E-state index contributed by atoms with van der Waals surface area (Å²) in [6, 6.07) is 34.4. The Bertz CT molecular complexity index is 2010. The van der Waals surface area contributed by atoms with Gasteiger partial charge in [-0.05, 0) is 52.8 Å². The van der Waals surface area contributed by atoms with Crippen molar-refractivity contribution in [3.8, 4) is 17.2 Å². The molecule has 0 bridgehead atoms. The number of furan rings is 1. The lowest BCUT2D eigenvalue weighted by Crippen LogP contribution is -2.58. The molecule has 0 saturated heterocycles. The van der Waals surface area contributed by atoms with Gasteiger partial charge in [-0.2, -0.15) is 0 Å². The van der Waals surface area contributed by atoms with Gasteiger partial charge in [-0.25, -0.2) is 0 Å². The highest BCUT2D eigenvalue weighted by atomic mass is 16.5. The molecule has 0 radical (unpaired) electrons. The molecule has 0 amide bonds. The van der Waals surface area contributed by atoms with Crippen LogP contribution in [0.2, 0.25) is 0 Å². The van der Waals surface area contributed by atoms with Gasteiger partial charge in [-0.3, -0.25) is 0 Å². The number of rotatable bonds is 0. The Balaban J connectivity index is 1.51. The summed E-state index contributed by atoms with van der Waals surface area (Å²) in [5.74, 6) is 1.89. The van der Waals surface area contributed by atoms with E-state index in [0.717, 1.165) is 33.4 Å². The summed E-state index contributed by atoms with van der Waals surface area (Å²) < 4.78 is 15.1. The van der Waals surface area contributed by atoms with Gasteiger partial charge in [0.2, 0.25) is 0 Å². The van der Waals surface area contributed by atoms with Crippen LogP contribution in [0.3, 0.4) is 0 Å². The summed E-state index contributed by atoms with van der Waals surface area (Å²) in [4.78, 5) is 0. The molecule has 0 fully saturated rings. The van der Waals surface area contributed by atoms with Crippen molar-refractivity contribution in [2.75, 3.05) is 0 Å². The van der Waals surface area contributed by atoms with Crippen LogP contribution in [0.1, 0.15) is 0 Å². The summed E-state index contributed by atoms with van der Waals surface area (Å²) in [5.41, 5.74) is 9.27. The Morgan fingerprint density at radius 1 is 0.588 bits per heavy atom. The first kappa shape index (κ1) is 17.1. The molecule has 4 heterocycles. The number of hydrogen-bond donors (Lipinski definition) is 0. The zero-order valence-electron chi connectivity index (χ0n) is 18.1. The molecular weight excluding hydrogens is 417 g/mol. The van der Waals surface area contributed by atoms with Gasteiger partial charge in [0.05, 0.1) is 11.0 Å². The van der Waals surface area contributed by atoms with Gasteiger partial charge < -0.3 is 13.7 Å². The zero-order chi connectivity index (χ0) is 22.0. The number of ether oxygens (including phenoxy) is 1. The second-order valence-electron chi connectivity index (χ2n) is 9.30. The minimum absolute atomic E-state index is 0.153. The highest BCUT2D eigenvalue weighted by Gasteiger charge is 2.40. The van der Waals surface area contributed by atoms with E-state index in [1.165, 1.54) is 43.9 Å². The molecule has 34 heavy (non-hydrogen) atoms. The lowest BCUT2D eigenvalue weighted by atomic mass is 9.34. The van der Waals surface area contributed by atoms with Crippen LogP contribution in [0.15, 0.2) is 101 Å². The SMILES string of the molecule is c1ccc2c(c1)Oc1ccc3c4cc5c(cc4n4c3c1B2c1ccccc1-4)oc1ccccc15. The molecule has 0 unspecified atom stereocenters. The maximum atomic E-state index is 6.44. The Hall–Kier alpha value is -4.44. The number of fused-ring (bicyclic) bond motifs is 11. The van der Waals surface area contributed by atoms with Crippen LogP contribution in [0, 0.1) is 0 Å². The van der Waals surface area contributed by atoms with Crippen LogP contribution in [0.25, 0.3) is 49.4 Å². The van der Waals surface area contributed by atoms with E-state index in [2.05, 4.69) is 83.4 Å². The predicted molar refractivity (Wildman–Crippen MR) is 139 cm³/mol. The predicted octanol–water partition coefficient (Wildman–Crippen LogP) is 5.62. The quantitative estimate of drug-likeness (QED) is 0.291. The molecule has 0 aliphatic carbocycles. The summed E-state index contributed by atoms with van der Waals surface area (Å²) in [7, 11) is 0. The molecule has 0 N–H and O–H groups in total. The molecular formula is C30H16BNO2. The van der Waals surface area contributed by atoms with Gasteiger partial charge in [-0.15, -0.1) is 0 Å². The standard InChI is InChI=1S/C30H16BNO2/c1-5-11-25-17(7-1)20-15-19-18-13-14-27-29-30(18)32(24(19)16-28(20)33-25)23-10-4-2-8-21(23)31(29)22-9-3-6-12-26(22)34-27/h1-16H. The number of nitrogens with zero attached hydrogens (tertiary/aromatic N) is 1. The number of hydrogen-bond acceptors (Lipinski definition) is 2. The normalized spacial score (nSPS) is 13.5. The van der Waals surface area contributed by atoms with Crippen LogP contribution in [-0.2, 0) is 0 Å². The van der Waals surface area contributed by atoms with E-state index >= 15 is 0 Å². The van der Waals surface area contributed by atoms with E-state index in [1.54, 1.807) is 0 Å². The summed E-state index contributed by atoms with van der Waals surface area (Å²) in [5, 5.41) is 4.81. The van der Waals surface area contributed by atoms with Gasteiger partial charge >= 0.3 is 0 Å². The summed E-state index contributed by atoms with van der Waals surface area (Å²) in [6.45, 7) is 0.153. The molecule has 0 atom stereocenters. The fourth-order valence-electron chi connectivity index (χ4n) is 6.29. The van der Waals surface area contributed by atoms with Crippen molar-refractivity contribution >= 4 is 66.8 Å². The van der Waals surface area contributed by atoms with Gasteiger partial charge in [0.25, 0.3) is 6.71 Å². The van der Waals surface area contributed by atoms with Crippen molar-refractivity contribution in [2.24, 2.45) is 0 Å². The van der Waals surface area contributed by atoms with E-state index < -0.39 is 0 Å². The van der Waals surface area contributed by atoms with E-state index in [4.69, 9.17) is 9.15 Å². The van der Waals surface area contributed by atoms with Crippen LogP contribution < -0.4 is 21.1 Å². The highest BCUT2D eigenvalue weighted by Crippen LogP contribution is 2.41. The topological polar surface area (TPSA) is 27.3 Å². The van der Waals surface area contributed by atoms with Crippen molar-refractivity contribution in [1.82, 2.24) is 4.57 Å². The van der Waals surface area contributed by atoms with Crippen LogP contribution in [0.5, 0.6) is 11.5 Å². The average Bonchev–Trinajstić information content (AvgIpc) is 3.41. The summed E-state index contributed by atoms with van der Waals surface area (Å²) in [6.07, 6.45) is 0. The second kappa shape index (κ2) is 5.73. The monoisotopic (exact) mass is 433 g/mol. The molecule has 2 aliphatic heterocycles. The first-order valence-corrected chi connectivity index (χ1v) is 11.7. The molecule has 7 aromatic rings. The molecule has 0 saturated carbocycles. The van der Waals surface area contributed by atoms with E-state index in [9.17, 15) is 0 Å². The van der Waals surface area contributed by atoms with Gasteiger partial charge in [0.15, 0.2) is 0 Å². The second-order valence-corrected chi connectivity index (χ2v) is 9.30. The minimum Gasteiger partial charge on any atom is -0.458 e. The third kappa shape index (κ3) is 1.89. The Kier molecular flexibility index (Phi) is 2.88. The molecule has 156 valence electrons. The van der Waals surface area contributed by atoms with Crippen molar-refractivity contribution in [2.45, 2.75) is 0 Å². The Labute approximate surface area is 194 Å². The minimum atomic E-state index is 0.153. The van der Waals surface area contributed by atoms with E-state index in [-0.39, 0.29) is 6.71 Å². The number of benzene rings is 5. The molecule has 5 aromatic carbocycles. The van der Waals surface area contributed by atoms with Gasteiger partial charge in [0, 0.05) is 33.3 Å². The van der Waals surface area contributed by atoms with Gasteiger partial charge in [-0.1, -0.05) is 54.6 Å². The summed E-state index contributed by atoms with van der Waals surface area (Å²) >= 11 is 0. The number of aromatic nitrogens is 1. The van der Waals surface area contributed by atoms with Crippen molar-refractivity contribution in [3.05, 3.63) is 97.1 Å². The smallest absolute Gasteiger partial charge is 0.256 e. The van der Waals surface area contributed by atoms with E-state index in [0.29, 0.717) is 0 Å². The fraction of sp³-hybridized carbons (Fsp3) is 0. The Morgan fingerprint density at radius 3 is 2.38 bits per heavy atom. The van der Waals surface area contributed by atoms with Crippen LogP contribution >= 0.6 is 0 Å². The molecule has 0 spiro atoms.